The maximum absolute atomic E-state index is 12.0. The lowest BCUT2D eigenvalue weighted by molar-refractivity contribution is -0.384. The van der Waals surface area contributed by atoms with Crippen molar-refractivity contribution in [3.05, 3.63) is 69.8 Å². The van der Waals surface area contributed by atoms with Gasteiger partial charge in [0, 0.05) is 12.6 Å². The summed E-state index contributed by atoms with van der Waals surface area (Å²) in [4.78, 5) is 33.6. The summed E-state index contributed by atoms with van der Waals surface area (Å²) in [5, 5.41) is 14.2. The highest BCUT2D eigenvalue weighted by molar-refractivity contribution is 5.93. The van der Waals surface area contributed by atoms with Crippen molar-refractivity contribution in [1.29, 1.82) is 0 Å². The predicted molar refractivity (Wildman–Crippen MR) is 90.9 cm³/mol. The molecule has 2 rings (SSSR count). The van der Waals surface area contributed by atoms with E-state index in [2.05, 4.69) is 5.32 Å². The van der Waals surface area contributed by atoms with Crippen LogP contribution in [0.1, 0.15) is 22.8 Å². The minimum Gasteiger partial charge on any atom is -0.449 e. The number of esters is 1. The zero-order chi connectivity index (χ0) is 18.4. The lowest BCUT2D eigenvalue weighted by atomic mass is 10.1. The van der Waals surface area contributed by atoms with E-state index in [4.69, 9.17) is 10.5 Å². The Morgan fingerprint density at radius 2 is 1.92 bits per heavy atom. The van der Waals surface area contributed by atoms with Gasteiger partial charge in [-0.3, -0.25) is 14.9 Å². The molecule has 0 bridgehead atoms. The molecule has 0 aliphatic carbocycles. The van der Waals surface area contributed by atoms with Crippen molar-refractivity contribution in [2.75, 3.05) is 5.32 Å². The molecule has 0 aliphatic heterocycles. The Labute approximate surface area is 143 Å². The van der Waals surface area contributed by atoms with E-state index in [-0.39, 0.29) is 16.9 Å². The number of benzene rings is 2. The number of amides is 1. The van der Waals surface area contributed by atoms with Crippen molar-refractivity contribution in [3.63, 3.8) is 0 Å². The molecule has 2 aromatic carbocycles. The maximum Gasteiger partial charge on any atom is 0.339 e. The van der Waals surface area contributed by atoms with E-state index in [1.54, 1.807) is 0 Å². The zero-order valence-electron chi connectivity index (χ0n) is 13.5. The molecule has 0 saturated carbocycles. The average Bonchev–Trinajstić information content (AvgIpc) is 2.60. The molecule has 8 nitrogen and oxygen atoms in total. The van der Waals surface area contributed by atoms with E-state index < -0.39 is 22.9 Å². The number of primary amides is 1. The van der Waals surface area contributed by atoms with E-state index >= 15 is 0 Å². The van der Waals surface area contributed by atoms with Crippen LogP contribution >= 0.6 is 0 Å². The van der Waals surface area contributed by atoms with E-state index in [0.29, 0.717) is 6.54 Å². The molecule has 8 heteroatoms. The molecule has 0 radical (unpaired) electrons. The van der Waals surface area contributed by atoms with Crippen LogP contribution in [0.4, 0.5) is 11.4 Å². The summed E-state index contributed by atoms with van der Waals surface area (Å²) in [5.41, 5.74) is 5.95. The molecule has 0 unspecified atom stereocenters. The molecule has 1 atom stereocenters. The Hall–Kier alpha value is -3.42. The number of nitro benzene ring substituents is 1. The summed E-state index contributed by atoms with van der Waals surface area (Å²) in [5.74, 6) is -1.66. The van der Waals surface area contributed by atoms with E-state index in [9.17, 15) is 19.7 Å². The first-order valence-electron chi connectivity index (χ1n) is 7.45. The van der Waals surface area contributed by atoms with Gasteiger partial charge in [-0.15, -0.1) is 0 Å². The van der Waals surface area contributed by atoms with Crippen molar-refractivity contribution < 1.29 is 19.2 Å². The van der Waals surface area contributed by atoms with Gasteiger partial charge in [0.15, 0.2) is 6.10 Å². The first-order valence-corrected chi connectivity index (χ1v) is 7.45. The Bertz CT molecular complexity index is 792. The van der Waals surface area contributed by atoms with Crippen LogP contribution in [0.5, 0.6) is 0 Å². The molecule has 0 saturated heterocycles. The second-order valence-corrected chi connectivity index (χ2v) is 5.28. The summed E-state index contributed by atoms with van der Waals surface area (Å²) < 4.78 is 4.85. The predicted octanol–water partition coefficient (Wildman–Crippen LogP) is 2.24. The number of nitrogens with zero attached hydrogens (tertiary/aromatic N) is 1. The quantitative estimate of drug-likeness (QED) is 0.451. The number of carbonyl (C=O) groups excluding carboxylic acids is 2. The summed E-state index contributed by atoms with van der Waals surface area (Å²) in [7, 11) is 0. The Morgan fingerprint density at radius 3 is 2.52 bits per heavy atom. The molecular weight excluding hydrogens is 326 g/mol. The summed E-state index contributed by atoms with van der Waals surface area (Å²) in [6.07, 6.45) is -1.12. The fraction of sp³-hybridized carbons (Fsp3) is 0.176. The van der Waals surface area contributed by atoms with Crippen LogP contribution in [0.15, 0.2) is 48.5 Å². The lowest BCUT2D eigenvalue weighted by Crippen LogP contribution is -2.30. The van der Waals surface area contributed by atoms with Crippen molar-refractivity contribution in [1.82, 2.24) is 0 Å². The third-order valence-electron chi connectivity index (χ3n) is 3.44. The number of nitrogens with two attached hydrogens (primary N) is 1. The molecule has 2 aromatic rings. The number of nitrogens with one attached hydrogen (secondary N) is 1. The number of carbonyl (C=O) groups is 2. The molecule has 0 fully saturated rings. The van der Waals surface area contributed by atoms with Gasteiger partial charge < -0.3 is 15.8 Å². The maximum atomic E-state index is 12.0. The minimum atomic E-state index is -1.12. The Morgan fingerprint density at radius 1 is 1.24 bits per heavy atom. The fourth-order valence-electron chi connectivity index (χ4n) is 2.04. The van der Waals surface area contributed by atoms with Gasteiger partial charge in [-0.1, -0.05) is 30.3 Å². The van der Waals surface area contributed by atoms with Crippen molar-refractivity contribution in [2.24, 2.45) is 5.73 Å². The summed E-state index contributed by atoms with van der Waals surface area (Å²) >= 11 is 0. The highest BCUT2D eigenvalue weighted by atomic mass is 16.6. The number of hydrogen-bond acceptors (Lipinski definition) is 6. The molecule has 0 aliphatic rings. The first kappa shape index (κ1) is 17.9. The molecule has 130 valence electrons. The lowest BCUT2D eigenvalue weighted by Gasteiger charge is -2.11. The van der Waals surface area contributed by atoms with Crippen LogP contribution in [-0.4, -0.2) is 22.9 Å². The number of anilines is 1. The van der Waals surface area contributed by atoms with Crippen molar-refractivity contribution in [2.45, 2.75) is 19.6 Å². The number of rotatable bonds is 7. The van der Waals surface area contributed by atoms with Gasteiger partial charge >= 0.3 is 5.97 Å². The van der Waals surface area contributed by atoms with Gasteiger partial charge in [-0.2, -0.15) is 0 Å². The van der Waals surface area contributed by atoms with Crippen molar-refractivity contribution in [3.8, 4) is 0 Å². The Balaban J connectivity index is 2.18. The number of ether oxygens (including phenoxy) is 1. The van der Waals surface area contributed by atoms with Crippen LogP contribution < -0.4 is 11.1 Å². The standard InChI is InChI=1S/C17H17N3O5/c1-11(16(18)21)25-17(22)13-7-8-14(15(9-13)20(23)24)19-10-12-5-3-2-4-6-12/h2-9,11,19H,10H2,1H3,(H2,18,21)/t11-/m1/s1. The van der Waals surface area contributed by atoms with Gasteiger partial charge in [0.25, 0.3) is 11.6 Å². The van der Waals surface area contributed by atoms with Gasteiger partial charge in [0.05, 0.1) is 10.5 Å². The largest absolute Gasteiger partial charge is 0.449 e. The Kier molecular flexibility index (Phi) is 5.67. The number of hydrogen-bond donors (Lipinski definition) is 2. The third kappa shape index (κ3) is 4.77. The van der Waals surface area contributed by atoms with Crippen LogP contribution in [-0.2, 0) is 16.1 Å². The third-order valence-corrected chi connectivity index (χ3v) is 3.44. The van der Waals surface area contributed by atoms with Gasteiger partial charge in [-0.05, 0) is 24.6 Å². The van der Waals surface area contributed by atoms with Crippen LogP contribution in [0.2, 0.25) is 0 Å². The highest BCUT2D eigenvalue weighted by Gasteiger charge is 2.21. The molecule has 3 N–H and O–H groups in total. The number of nitro groups is 1. The van der Waals surface area contributed by atoms with Gasteiger partial charge in [-0.25, -0.2) is 4.79 Å². The normalized spacial score (nSPS) is 11.4. The summed E-state index contributed by atoms with van der Waals surface area (Å²) in [6.45, 7) is 1.72. The molecule has 0 aromatic heterocycles. The molecule has 0 heterocycles. The smallest absolute Gasteiger partial charge is 0.339 e. The highest BCUT2D eigenvalue weighted by Crippen LogP contribution is 2.26. The van der Waals surface area contributed by atoms with Gasteiger partial charge in [0.1, 0.15) is 5.69 Å². The summed E-state index contributed by atoms with van der Waals surface area (Å²) in [6, 6.07) is 13.3. The molecular formula is C17H17N3O5. The van der Waals surface area contributed by atoms with Gasteiger partial charge in [0.2, 0.25) is 0 Å². The van der Waals surface area contributed by atoms with Crippen LogP contribution in [0.3, 0.4) is 0 Å². The molecule has 0 spiro atoms. The minimum absolute atomic E-state index is 0.0370. The van der Waals surface area contributed by atoms with Crippen LogP contribution in [0.25, 0.3) is 0 Å². The second kappa shape index (κ2) is 7.91. The van der Waals surface area contributed by atoms with E-state index in [0.717, 1.165) is 11.6 Å². The average molecular weight is 343 g/mol. The van der Waals surface area contributed by atoms with E-state index in [1.807, 2.05) is 30.3 Å². The molecule has 1 amide bonds. The monoisotopic (exact) mass is 343 g/mol. The zero-order valence-corrected chi connectivity index (χ0v) is 13.5. The van der Waals surface area contributed by atoms with E-state index in [1.165, 1.54) is 19.1 Å². The van der Waals surface area contributed by atoms with Crippen molar-refractivity contribution >= 4 is 23.3 Å². The topological polar surface area (TPSA) is 125 Å². The van der Waals surface area contributed by atoms with Crippen LogP contribution in [0, 0.1) is 10.1 Å². The second-order valence-electron chi connectivity index (χ2n) is 5.28. The molecule has 25 heavy (non-hydrogen) atoms. The first-order chi connectivity index (χ1) is 11.9. The SMILES string of the molecule is C[C@@H](OC(=O)c1ccc(NCc2ccccc2)c([N+](=O)[O-])c1)C(N)=O. The fourth-order valence-corrected chi connectivity index (χ4v) is 2.04.